The van der Waals surface area contributed by atoms with E-state index in [4.69, 9.17) is 0 Å². The Morgan fingerprint density at radius 1 is 0.875 bits per heavy atom. The molecule has 1 fully saturated rings. The van der Waals surface area contributed by atoms with E-state index in [1.54, 1.807) is 0 Å². The number of nitrogens with zero attached hydrogens (tertiary/aromatic N) is 2. The second-order valence-electron chi connectivity index (χ2n) is 7.64. The summed E-state index contributed by atoms with van der Waals surface area (Å²) in [6, 6.07) is 20.8. The van der Waals surface area contributed by atoms with Gasteiger partial charge in [0.05, 0.1) is 6.04 Å². The third kappa shape index (κ3) is 3.61. The zero-order valence-electron chi connectivity index (χ0n) is 14.8. The van der Waals surface area contributed by atoms with Crippen molar-refractivity contribution >= 4 is 6.03 Å². The maximum absolute atomic E-state index is 13.0. The third-order valence-electron chi connectivity index (χ3n) is 4.70. The van der Waals surface area contributed by atoms with E-state index >= 15 is 0 Å². The van der Waals surface area contributed by atoms with Crippen LogP contribution in [0.4, 0.5) is 4.79 Å². The Bertz CT molecular complexity index is 676. The van der Waals surface area contributed by atoms with Gasteiger partial charge in [-0.25, -0.2) is 4.79 Å². The number of hydrogen-bond acceptors (Lipinski definition) is 1. The van der Waals surface area contributed by atoms with Crippen LogP contribution in [0, 0.1) is 5.41 Å². The first-order valence-electron chi connectivity index (χ1n) is 8.58. The van der Waals surface area contributed by atoms with Crippen molar-refractivity contribution in [1.82, 2.24) is 9.80 Å². The van der Waals surface area contributed by atoms with Gasteiger partial charge in [-0.15, -0.1) is 0 Å². The van der Waals surface area contributed by atoms with Crippen molar-refractivity contribution in [1.29, 1.82) is 0 Å². The number of benzene rings is 2. The number of amides is 2. The predicted octanol–water partition coefficient (Wildman–Crippen LogP) is 4.54. The number of hydrogen-bond donors (Lipinski definition) is 0. The molecule has 0 bridgehead atoms. The first-order chi connectivity index (χ1) is 11.4. The summed E-state index contributed by atoms with van der Waals surface area (Å²) in [7, 11) is 0. The summed E-state index contributed by atoms with van der Waals surface area (Å²) in [6.07, 6.45) is 0. The van der Waals surface area contributed by atoms with E-state index in [0.717, 1.165) is 6.54 Å². The molecule has 1 aliphatic rings. The lowest BCUT2D eigenvalue weighted by Crippen LogP contribution is -2.41. The monoisotopic (exact) mass is 322 g/mol. The highest BCUT2D eigenvalue weighted by Gasteiger charge is 2.42. The SMILES string of the molecule is CC(C)(C)C1CN(Cc2ccccc2)C(=O)N1Cc1ccccc1. The van der Waals surface area contributed by atoms with E-state index in [9.17, 15) is 4.79 Å². The molecule has 0 N–H and O–H groups in total. The molecule has 126 valence electrons. The Morgan fingerprint density at radius 3 is 1.88 bits per heavy atom. The maximum atomic E-state index is 13.0. The fraction of sp³-hybridized carbons (Fsp3) is 0.381. The van der Waals surface area contributed by atoms with Crippen LogP contribution >= 0.6 is 0 Å². The summed E-state index contributed by atoms with van der Waals surface area (Å²) in [4.78, 5) is 17.0. The average molecular weight is 322 g/mol. The van der Waals surface area contributed by atoms with Gasteiger partial charge in [-0.05, 0) is 16.5 Å². The number of rotatable bonds is 4. The van der Waals surface area contributed by atoms with Gasteiger partial charge in [0.1, 0.15) is 0 Å². The van der Waals surface area contributed by atoms with Gasteiger partial charge in [0.2, 0.25) is 0 Å². The molecule has 1 saturated heterocycles. The molecule has 2 aromatic carbocycles. The van der Waals surface area contributed by atoms with Crippen molar-refractivity contribution in [2.24, 2.45) is 5.41 Å². The van der Waals surface area contributed by atoms with Crippen LogP contribution in [0.15, 0.2) is 60.7 Å². The second kappa shape index (κ2) is 6.68. The normalized spacial score (nSPS) is 18.3. The fourth-order valence-corrected chi connectivity index (χ4v) is 3.34. The molecule has 3 rings (SSSR count). The molecule has 3 nitrogen and oxygen atoms in total. The van der Waals surface area contributed by atoms with E-state index in [1.165, 1.54) is 11.1 Å². The lowest BCUT2D eigenvalue weighted by atomic mass is 9.86. The van der Waals surface area contributed by atoms with Gasteiger partial charge < -0.3 is 9.80 Å². The Hall–Kier alpha value is -2.29. The fourth-order valence-electron chi connectivity index (χ4n) is 3.34. The topological polar surface area (TPSA) is 23.6 Å². The second-order valence-corrected chi connectivity index (χ2v) is 7.64. The summed E-state index contributed by atoms with van der Waals surface area (Å²) >= 11 is 0. The molecule has 0 radical (unpaired) electrons. The smallest absolute Gasteiger partial charge is 0.318 e. The molecule has 2 aromatic rings. The highest BCUT2D eigenvalue weighted by Crippen LogP contribution is 2.32. The minimum absolute atomic E-state index is 0.0515. The number of urea groups is 1. The van der Waals surface area contributed by atoms with Crippen molar-refractivity contribution in [2.45, 2.75) is 39.9 Å². The van der Waals surface area contributed by atoms with Gasteiger partial charge in [0.25, 0.3) is 0 Å². The van der Waals surface area contributed by atoms with E-state index in [0.29, 0.717) is 13.1 Å². The van der Waals surface area contributed by atoms with Crippen LogP contribution in [0.25, 0.3) is 0 Å². The third-order valence-corrected chi connectivity index (χ3v) is 4.70. The summed E-state index contributed by atoms with van der Waals surface area (Å²) in [5, 5.41) is 0. The van der Waals surface area contributed by atoms with Crippen LogP contribution in [-0.2, 0) is 13.1 Å². The standard InChI is InChI=1S/C21H26N2O/c1-21(2,3)19-16-22(14-17-10-6-4-7-11-17)20(24)23(19)15-18-12-8-5-9-13-18/h4-13,19H,14-16H2,1-3H3. The van der Waals surface area contributed by atoms with E-state index in [2.05, 4.69) is 45.0 Å². The largest absolute Gasteiger partial charge is 0.321 e. The van der Waals surface area contributed by atoms with Gasteiger partial charge >= 0.3 is 6.03 Å². The van der Waals surface area contributed by atoms with Gasteiger partial charge in [0, 0.05) is 19.6 Å². The van der Waals surface area contributed by atoms with Crippen molar-refractivity contribution < 1.29 is 4.79 Å². The molecule has 3 heteroatoms. The first kappa shape index (κ1) is 16.6. The van der Waals surface area contributed by atoms with Crippen LogP contribution in [0.3, 0.4) is 0 Å². The Labute approximate surface area is 144 Å². The lowest BCUT2D eigenvalue weighted by molar-refractivity contribution is 0.149. The molecule has 24 heavy (non-hydrogen) atoms. The number of carbonyl (C=O) groups is 1. The van der Waals surface area contributed by atoms with E-state index in [1.807, 2.05) is 46.2 Å². The highest BCUT2D eigenvalue weighted by molar-refractivity contribution is 5.77. The highest BCUT2D eigenvalue weighted by atomic mass is 16.2. The van der Waals surface area contributed by atoms with Crippen LogP contribution in [0.1, 0.15) is 31.9 Å². The minimum atomic E-state index is 0.0515. The van der Waals surface area contributed by atoms with E-state index < -0.39 is 0 Å². The van der Waals surface area contributed by atoms with Crippen LogP contribution in [0.2, 0.25) is 0 Å². The average Bonchev–Trinajstić information content (AvgIpc) is 2.86. The lowest BCUT2D eigenvalue weighted by Gasteiger charge is -2.33. The molecule has 0 aromatic heterocycles. The summed E-state index contributed by atoms with van der Waals surface area (Å²) in [5.41, 5.74) is 2.41. The molecule has 1 aliphatic heterocycles. The molecule has 1 atom stereocenters. The van der Waals surface area contributed by atoms with Crippen LogP contribution in [-0.4, -0.2) is 28.4 Å². The maximum Gasteiger partial charge on any atom is 0.321 e. The predicted molar refractivity (Wildman–Crippen MR) is 97.5 cm³/mol. The summed E-state index contributed by atoms with van der Waals surface area (Å²) in [5.74, 6) is 0. The van der Waals surface area contributed by atoms with Gasteiger partial charge in [-0.1, -0.05) is 81.4 Å². The Morgan fingerprint density at radius 2 is 1.38 bits per heavy atom. The van der Waals surface area contributed by atoms with E-state index in [-0.39, 0.29) is 17.5 Å². The molecule has 2 amide bonds. The summed E-state index contributed by atoms with van der Waals surface area (Å²) in [6.45, 7) is 8.79. The van der Waals surface area contributed by atoms with Gasteiger partial charge in [-0.2, -0.15) is 0 Å². The molecule has 0 aliphatic carbocycles. The molecule has 0 saturated carbocycles. The number of carbonyl (C=O) groups excluding carboxylic acids is 1. The van der Waals surface area contributed by atoms with Crippen LogP contribution in [0.5, 0.6) is 0 Å². The zero-order chi connectivity index (χ0) is 17.2. The van der Waals surface area contributed by atoms with Crippen LogP contribution < -0.4 is 0 Å². The minimum Gasteiger partial charge on any atom is -0.318 e. The zero-order valence-corrected chi connectivity index (χ0v) is 14.8. The van der Waals surface area contributed by atoms with Crippen molar-refractivity contribution in [3.63, 3.8) is 0 Å². The van der Waals surface area contributed by atoms with Gasteiger partial charge in [0.15, 0.2) is 0 Å². The molecule has 0 spiro atoms. The molecule has 1 heterocycles. The molecule has 1 unspecified atom stereocenters. The first-order valence-corrected chi connectivity index (χ1v) is 8.58. The molecular formula is C21H26N2O. The van der Waals surface area contributed by atoms with Gasteiger partial charge in [-0.3, -0.25) is 0 Å². The quantitative estimate of drug-likeness (QED) is 0.810. The Balaban J connectivity index is 1.81. The van der Waals surface area contributed by atoms with Crippen molar-refractivity contribution in [2.75, 3.05) is 6.54 Å². The summed E-state index contributed by atoms with van der Waals surface area (Å²) < 4.78 is 0. The molecular weight excluding hydrogens is 296 g/mol. The van der Waals surface area contributed by atoms with Crippen molar-refractivity contribution in [3.8, 4) is 0 Å². The van der Waals surface area contributed by atoms with Crippen molar-refractivity contribution in [3.05, 3.63) is 71.8 Å². The Kier molecular flexibility index (Phi) is 4.61.